The lowest BCUT2D eigenvalue weighted by molar-refractivity contribution is -0.124. The Kier molecular flexibility index (Phi) is 5.66. The van der Waals surface area contributed by atoms with E-state index >= 15 is 0 Å². The van der Waals surface area contributed by atoms with E-state index in [1.807, 2.05) is 0 Å². The van der Waals surface area contributed by atoms with Crippen LogP contribution in [-0.2, 0) is 19.4 Å². The number of amides is 1. The molecular weight excluding hydrogens is 338 g/mol. The van der Waals surface area contributed by atoms with Crippen molar-refractivity contribution in [1.29, 1.82) is 0 Å². The van der Waals surface area contributed by atoms with Crippen molar-refractivity contribution < 1.29 is 32.2 Å². The molecule has 1 aromatic rings. The highest BCUT2D eigenvalue weighted by molar-refractivity contribution is 7.91. The van der Waals surface area contributed by atoms with Crippen LogP contribution in [0.25, 0.3) is 0 Å². The van der Waals surface area contributed by atoms with Crippen LogP contribution in [0, 0.1) is 0 Å². The SMILES string of the molecule is COc1ccc(OC)c(C(=O)OCC(=O)N[C@H]2CCS(=O)(=O)C2)c1. The van der Waals surface area contributed by atoms with Crippen molar-refractivity contribution in [2.45, 2.75) is 12.5 Å². The van der Waals surface area contributed by atoms with Gasteiger partial charge in [0.1, 0.15) is 17.1 Å². The first-order valence-electron chi connectivity index (χ1n) is 7.23. The zero-order valence-corrected chi connectivity index (χ0v) is 14.2. The number of nitrogens with one attached hydrogen (secondary N) is 1. The molecular formula is C15H19NO7S. The van der Waals surface area contributed by atoms with E-state index in [2.05, 4.69) is 5.32 Å². The Morgan fingerprint density at radius 1 is 1.25 bits per heavy atom. The third-order valence-corrected chi connectivity index (χ3v) is 5.33. The summed E-state index contributed by atoms with van der Waals surface area (Å²) in [6.45, 7) is -0.504. The second kappa shape index (κ2) is 7.52. The van der Waals surface area contributed by atoms with Crippen molar-refractivity contribution in [1.82, 2.24) is 5.32 Å². The van der Waals surface area contributed by atoms with Gasteiger partial charge >= 0.3 is 5.97 Å². The van der Waals surface area contributed by atoms with Gasteiger partial charge in [0.2, 0.25) is 0 Å². The summed E-state index contributed by atoms with van der Waals surface area (Å²) in [7, 11) is -0.218. The van der Waals surface area contributed by atoms with Crippen molar-refractivity contribution in [3.63, 3.8) is 0 Å². The van der Waals surface area contributed by atoms with Crippen molar-refractivity contribution >= 4 is 21.7 Å². The van der Waals surface area contributed by atoms with Gasteiger partial charge in [0.05, 0.1) is 25.7 Å². The first-order valence-corrected chi connectivity index (χ1v) is 9.05. The number of hydrogen-bond donors (Lipinski definition) is 1. The summed E-state index contributed by atoms with van der Waals surface area (Å²) in [5.41, 5.74) is 0.132. The topological polar surface area (TPSA) is 108 Å². The highest BCUT2D eigenvalue weighted by Gasteiger charge is 2.29. The number of esters is 1. The Balaban J connectivity index is 1.92. The summed E-state index contributed by atoms with van der Waals surface area (Å²) in [6.07, 6.45) is 0.367. The minimum absolute atomic E-state index is 0.0543. The highest BCUT2D eigenvalue weighted by atomic mass is 32.2. The first kappa shape index (κ1) is 18.1. The van der Waals surface area contributed by atoms with E-state index < -0.39 is 34.4 Å². The van der Waals surface area contributed by atoms with Gasteiger partial charge in [0, 0.05) is 6.04 Å². The summed E-state index contributed by atoms with van der Waals surface area (Å²) in [4.78, 5) is 23.9. The lowest BCUT2D eigenvalue weighted by Crippen LogP contribution is -2.38. The van der Waals surface area contributed by atoms with Gasteiger partial charge in [0.25, 0.3) is 5.91 Å². The zero-order chi connectivity index (χ0) is 17.7. The molecule has 0 aromatic heterocycles. The molecule has 1 fully saturated rings. The number of hydrogen-bond acceptors (Lipinski definition) is 7. The number of carbonyl (C=O) groups excluding carboxylic acids is 2. The van der Waals surface area contributed by atoms with Crippen LogP contribution in [0.15, 0.2) is 18.2 Å². The Bertz CT molecular complexity index is 729. The Hall–Kier alpha value is -2.29. The van der Waals surface area contributed by atoms with Crippen molar-refractivity contribution in [3.8, 4) is 11.5 Å². The summed E-state index contributed by atoms with van der Waals surface area (Å²) in [6, 6.07) is 4.19. The van der Waals surface area contributed by atoms with E-state index in [4.69, 9.17) is 14.2 Å². The normalized spacial score (nSPS) is 18.7. The molecule has 8 nitrogen and oxygen atoms in total. The van der Waals surface area contributed by atoms with Crippen LogP contribution in [-0.4, -0.2) is 58.7 Å². The largest absolute Gasteiger partial charge is 0.497 e. The predicted octanol–water partition coefficient (Wildman–Crippen LogP) is 0.164. The van der Waals surface area contributed by atoms with Crippen LogP contribution in [0.5, 0.6) is 11.5 Å². The van der Waals surface area contributed by atoms with Crippen LogP contribution in [0.1, 0.15) is 16.8 Å². The molecule has 1 aromatic carbocycles. The molecule has 0 unspecified atom stereocenters. The molecule has 0 aliphatic carbocycles. The van der Waals surface area contributed by atoms with Crippen molar-refractivity contribution in [3.05, 3.63) is 23.8 Å². The molecule has 9 heteroatoms. The molecule has 1 aliphatic rings. The predicted molar refractivity (Wildman–Crippen MR) is 85.0 cm³/mol. The lowest BCUT2D eigenvalue weighted by Gasteiger charge is -2.12. The van der Waals surface area contributed by atoms with E-state index in [-0.39, 0.29) is 17.1 Å². The minimum atomic E-state index is -3.08. The molecule has 1 saturated heterocycles. The second-order valence-corrected chi connectivity index (χ2v) is 7.54. The summed E-state index contributed by atoms with van der Waals surface area (Å²) >= 11 is 0. The number of sulfone groups is 1. The third-order valence-electron chi connectivity index (χ3n) is 3.56. The molecule has 1 N–H and O–H groups in total. The molecule has 24 heavy (non-hydrogen) atoms. The molecule has 0 radical (unpaired) electrons. The van der Waals surface area contributed by atoms with Gasteiger partial charge in [-0.25, -0.2) is 13.2 Å². The molecule has 1 aliphatic heterocycles. The van der Waals surface area contributed by atoms with Crippen LogP contribution >= 0.6 is 0 Å². The maximum atomic E-state index is 12.1. The molecule has 2 rings (SSSR count). The van der Waals surface area contributed by atoms with E-state index in [0.717, 1.165) is 0 Å². The van der Waals surface area contributed by atoms with Gasteiger partial charge in [-0.1, -0.05) is 0 Å². The van der Waals surface area contributed by atoms with Gasteiger partial charge < -0.3 is 19.5 Å². The number of methoxy groups -OCH3 is 2. The van der Waals surface area contributed by atoms with Crippen LogP contribution < -0.4 is 14.8 Å². The van der Waals surface area contributed by atoms with E-state index in [1.54, 1.807) is 12.1 Å². The van der Waals surface area contributed by atoms with Crippen LogP contribution in [0.4, 0.5) is 0 Å². The van der Waals surface area contributed by atoms with Gasteiger partial charge in [-0.15, -0.1) is 0 Å². The Labute approximate surface area is 140 Å². The number of ether oxygens (including phenoxy) is 3. The molecule has 1 atom stereocenters. The van der Waals surface area contributed by atoms with Gasteiger partial charge in [-0.2, -0.15) is 0 Å². The zero-order valence-electron chi connectivity index (χ0n) is 13.4. The molecule has 1 amide bonds. The van der Waals surface area contributed by atoms with Crippen LogP contribution in [0.3, 0.4) is 0 Å². The highest BCUT2D eigenvalue weighted by Crippen LogP contribution is 2.24. The quantitative estimate of drug-likeness (QED) is 0.723. The summed E-state index contributed by atoms with van der Waals surface area (Å²) < 4.78 is 37.8. The number of benzene rings is 1. The standard InChI is InChI=1S/C15H19NO7S/c1-21-11-3-4-13(22-2)12(7-11)15(18)23-8-14(17)16-10-5-6-24(19,20)9-10/h3-4,7,10H,5-6,8-9H2,1-2H3,(H,16,17)/t10-/m0/s1. The monoisotopic (exact) mass is 357 g/mol. The van der Waals surface area contributed by atoms with Crippen molar-refractivity contribution in [2.24, 2.45) is 0 Å². The molecule has 132 valence electrons. The Morgan fingerprint density at radius 2 is 2.00 bits per heavy atom. The fraction of sp³-hybridized carbons (Fsp3) is 0.467. The van der Waals surface area contributed by atoms with Crippen molar-refractivity contribution in [2.75, 3.05) is 32.3 Å². The molecule has 0 bridgehead atoms. The van der Waals surface area contributed by atoms with Gasteiger partial charge in [-0.05, 0) is 24.6 Å². The van der Waals surface area contributed by atoms with Gasteiger partial charge in [-0.3, -0.25) is 4.79 Å². The lowest BCUT2D eigenvalue weighted by atomic mass is 10.2. The number of carbonyl (C=O) groups is 2. The summed E-state index contributed by atoms with van der Waals surface area (Å²) in [5.74, 6) is -0.575. The average Bonchev–Trinajstić information content (AvgIpc) is 2.90. The first-order chi connectivity index (χ1) is 11.3. The average molecular weight is 357 g/mol. The molecule has 0 saturated carbocycles. The van der Waals surface area contributed by atoms with Crippen LogP contribution in [0.2, 0.25) is 0 Å². The maximum Gasteiger partial charge on any atom is 0.342 e. The molecule has 0 spiro atoms. The second-order valence-electron chi connectivity index (χ2n) is 5.31. The summed E-state index contributed by atoms with van der Waals surface area (Å²) in [5, 5.41) is 2.54. The van der Waals surface area contributed by atoms with Gasteiger partial charge in [0.15, 0.2) is 16.4 Å². The fourth-order valence-electron chi connectivity index (χ4n) is 2.36. The minimum Gasteiger partial charge on any atom is -0.497 e. The van der Waals surface area contributed by atoms with E-state index in [9.17, 15) is 18.0 Å². The molecule has 1 heterocycles. The fourth-order valence-corrected chi connectivity index (χ4v) is 4.03. The smallest absolute Gasteiger partial charge is 0.342 e. The number of rotatable bonds is 6. The maximum absolute atomic E-state index is 12.1. The Morgan fingerprint density at radius 3 is 2.58 bits per heavy atom. The third kappa shape index (κ3) is 4.60. The van der Waals surface area contributed by atoms with E-state index in [0.29, 0.717) is 17.9 Å². The van der Waals surface area contributed by atoms with E-state index in [1.165, 1.54) is 20.3 Å².